The second-order valence-electron chi connectivity index (χ2n) is 3.71. The van der Waals surface area contributed by atoms with Crippen molar-refractivity contribution in [2.45, 2.75) is 26.9 Å². The van der Waals surface area contributed by atoms with Gasteiger partial charge in [0.05, 0.1) is 23.8 Å². The molecule has 0 unspecified atom stereocenters. The van der Waals surface area contributed by atoms with E-state index in [9.17, 15) is 4.79 Å². The lowest BCUT2D eigenvalue weighted by atomic mass is 10.1. The number of nitrogens with zero attached hydrogens (tertiary/aromatic N) is 1. The van der Waals surface area contributed by atoms with Gasteiger partial charge in [0.25, 0.3) is 0 Å². The zero-order chi connectivity index (χ0) is 12.8. The summed E-state index contributed by atoms with van der Waals surface area (Å²) in [6.07, 6.45) is -0.0180. The molecule has 0 saturated carbocycles. The predicted octanol–water partition coefficient (Wildman–Crippen LogP) is 2.52. The zero-order valence-corrected chi connectivity index (χ0v) is 10.2. The number of esters is 1. The molecule has 0 atom stereocenters. The minimum atomic E-state index is -0.430. The molecule has 0 heterocycles. The normalized spacial score (nSPS) is 9.82. The maximum absolute atomic E-state index is 11.5. The molecule has 90 valence electrons. The molecule has 0 aromatic heterocycles. The Hall–Kier alpha value is -2.02. The fourth-order valence-corrected chi connectivity index (χ4v) is 1.32. The van der Waals surface area contributed by atoms with Crippen molar-refractivity contribution in [2.75, 3.05) is 6.61 Å². The van der Waals surface area contributed by atoms with Crippen LogP contribution in [-0.2, 0) is 4.74 Å². The van der Waals surface area contributed by atoms with Gasteiger partial charge in [0, 0.05) is 0 Å². The quantitative estimate of drug-likeness (QED) is 0.750. The van der Waals surface area contributed by atoms with Crippen LogP contribution in [0.1, 0.15) is 36.7 Å². The molecule has 0 saturated heterocycles. The van der Waals surface area contributed by atoms with Gasteiger partial charge < -0.3 is 9.47 Å². The van der Waals surface area contributed by atoms with Crippen LogP contribution in [0.2, 0.25) is 0 Å². The monoisotopic (exact) mass is 233 g/mol. The molecule has 1 aromatic carbocycles. The molecule has 0 radical (unpaired) electrons. The molecule has 4 heteroatoms. The van der Waals surface area contributed by atoms with Crippen molar-refractivity contribution < 1.29 is 14.3 Å². The van der Waals surface area contributed by atoms with Crippen molar-refractivity contribution >= 4 is 5.97 Å². The smallest absolute Gasteiger partial charge is 0.338 e. The zero-order valence-electron chi connectivity index (χ0n) is 10.2. The molecule has 0 N–H and O–H groups in total. The Bertz CT molecular complexity index is 446. The number of nitriles is 1. The summed E-state index contributed by atoms with van der Waals surface area (Å²) in [4.78, 5) is 11.5. The van der Waals surface area contributed by atoms with Gasteiger partial charge in [0.2, 0.25) is 0 Å². The Morgan fingerprint density at radius 3 is 2.71 bits per heavy atom. The van der Waals surface area contributed by atoms with Gasteiger partial charge in [0.1, 0.15) is 11.8 Å². The maximum atomic E-state index is 11.5. The lowest BCUT2D eigenvalue weighted by Crippen LogP contribution is -2.09. The summed E-state index contributed by atoms with van der Waals surface area (Å²) < 4.78 is 10.3. The summed E-state index contributed by atoms with van der Waals surface area (Å²) in [5.41, 5.74) is 0.698. The molecular formula is C13H15NO3. The van der Waals surface area contributed by atoms with Gasteiger partial charge >= 0.3 is 5.97 Å². The minimum absolute atomic E-state index is 0.0180. The van der Waals surface area contributed by atoms with Crippen LogP contribution in [-0.4, -0.2) is 18.7 Å². The third-order valence-corrected chi connectivity index (χ3v) is 1.97. The first kappa shape index (κ1) is 13.0. The average Bonchev–Trinajstić information content (AvgIpc) is 2.29. The second-order valence-corrected chi connectivity index (χ2v) is 3.71. The standard InChI is InChI=1S/C13H15NO3/c1-4-16-13(15)10-5-6-12(17-9(2)3)11(7-10)8-14/h5-7,9H,4H2,1-3H3. The second kappa shape index (κ2) is 5.90. The molecule has 17 heavy (non-hydrogen) atoms. The van der Waals surface area contributed by atoms with Gasteiger partial charge in [0.15, 0.2) is 0 Å². The number of hydrogen-bond donors (Lipinski definition) is 0. The predicted molar refractivity (Wildman–Crippen MR) is 62.9 cm³/mol. The van der Waals surface area contributed by atoms with Gasteiger partial charge in [-0.2, -0.15) is 5.26 Å². The van der Waals surface area contributed by atoms with Crippen LogP contribution in [0.3, 0.4) is 0 Å². The maximum Gasteiger partial charge on any atom is 0.338 e. The highest BCUT2D eigenvalue weighted by Gasteiger charge is 2.11. The van der Waals surface area contributed by atoms with E-state index < -0.39 is 5.97 Å². The Labute approximate surface area is 101 Å². The van der Waals surface area contributed by atoms with E-state index in [2.05, 4.69) is 0 Å². The fourth-order valence-electron chi connectivity index (χ4n) is 1.32. The van der Waals surface area contributed by atoms with Gasteiger partial charge in [-0.1, -0.05) is 0 Å². The van der Waals surface area contributed by atoms with E-state index in [4.69, 9.17) is 14.7 Å². The third kappa shape index (κ3) is 3.49. The summed E-state index contributed by atoms with van der Waals surface area (Å²) >= 11 is 0. The third-order valence-electron chi connectivity index (χ3n) is 1.97. The largest absolute Gasteiger partial charge is 0.490 e. The topological polar surface area (TPSA) is 59.3 Å². The molecule has 1 rings (SSSR count). The first-order valence-corrected chi connectivity index (χ1v) is 5.46. The SMILES string of the molecule is CCOC(=O)c1ccc(OC(C)C)c(C#N)c1. The summed E-state index contributed by atoms with van der Waals surface area (Å²) in [6.45, 7) is 5.80. The first-order valence-electron chi connectivity index (χ1n) is 5.46. The van der Waals surface area contributed by atoms with Gasteiger partial charge in [-0.3, -0.25) is 0 Å². The molecule has 0 fully saturated rings. The van der Waals surface area contributed by atoms with Crippen molar-refractivity contribution in [3.63, 3.8) is 0 Å². The van der Waals surface area contributed by atoms with E-state index in [0.717, 1.165) is 0 Å². The molecule has 0 bridgehead atoms. The van der Waals surface area contributed by atoms with Crippen LogP contribution in [0.5, 0.6) is 5.75 Å². The Kier molecular flexibility index (Phi) is 4.53. The number of carbonyl (C=O) groups is 1. The molecule has 4 nitrogen and oxygen atoms in total. The van der Waals surface area contributed by atoms with Gasteiger partial charge in [-0.25, -0.2) is 4.79 Å². The van der Waals surface area contributed by atoms with E-state index in [1.54, 1.807) is 19.1 Å². The fraction of sp³-hybridized carbons (Fsp3) is 0.385. The summed E-state index contributed by atoms with van der Waals surface area (Å²) in [7, 11) is 0. The molecule has 0 aliphatic heterocycles. The molecule has 0 spiro atoms. The number of hydrogen-bond acceptors (Lipinski definition) is 4. The molecule has 0 aliphatic rings. The van der Waals surface area contributed by atoms with Crippen LogP contribution in [0, 0.1) is 11.3 Å². The first-order chi connectivity index (χ1) is 8.08. The van der Waals surface area contributed by atoms with E-state index in [0.29, 0.717) is 23.5 Å². The highest BCUT2D eigenvalue weighted by Crippen LogP contribution is 2.21. The van der Waals surface area contributed by atoms with E-state index in [1.165, 1.54) is 6.07 Å². The Morgan fingerprint density at radius 2 is 2.18 bits per heavy atom. The summed E-state index contributed by atoms with van der Waals surface area (Å²) in [5, 5.41) is 8.99. The van der Waals surface area contributed by atoms with Gasteiger partial charge in [-0.15, -0.1) is 0 Å². The Morgan fingerprint density at radius 1 is 1.47 bits per heavy atom. The molecular weight excluding hydrogens is 218 g/mol. The lowest BCUT2D eigenvalue weighted by Gasteiger charge is -2.11. The van der Waals surface area contributed by atoms with Crippen LogP contribution in [0.4, 0.5) is 0 Å². The van der Waals surface area contributed by atoms with Crippen molar-refractivity contribution in [1.82, 2.24) is 0 Å². The van der Waals surface area contributed by atoms with E-state index in [1.807, 2.05) is 19.9 Å². The highest BCUT2D eigenvalue weighted by molar-refractivity contribution is 5.90. The van der Waals surface area contributed by atoms with E-state index in [-0.39, 0.29) is 6.10 Å². The molecule has 0 aliphatic carbocycles. The minimum Gasteiger partial charge on any atom is -0.490 e. The summed E-state index contributed by atoms with van der Waals surface area (Å²) in [5.74, 6) is 0.0515. The number of benzene rings is 1. The summed E-state index contributed by atoms with van der Waals surface area (Å²) in [6, 6.07) is 6.70. The van der Waals surface area contributed by atoms with Crippen molar-refractivity contribution in [3.05, 3.63) is 29.3 Å². The van der Waals surface area contributed by atoms with Crippen LogP contribution in [0.25, 0.3) is 0 Å². The average molecular weight is 233 g/mol. The number of rotatable bonds is 4. The number of ether oxygens (including phenoxy) is 2. The Balaban J connectivity index is 3.01. The molecule has 0 amide bonds. The van der Waals surface area contributed by atoms with Gasteiger partial charge in [-0.05, 0) is 39.0 Å². The van der Waals surface area contributed by atoms with Crippen LogP contribution in [0.15, 0.2) is 18.2 Å². The van der Waals surface area contributed by atoms with Crippen LogP contribution >= 0.6 is 0 Å². The lowest BCUT2D eigenvalue weighted by molar-refractivity contribution is 0.0526. The van der Waals surface area contributed by atoms with Crippen molar-refractivity contribution in [2.24, 2.45) is 0 Å². The van der Waals surface area contributed by atoms with Crippen molar-refractivity contribution in [3.8, 4) is 11.8 Å². The van der Waals surface area contributed by atoms with Crippen LogP contribution < -0.4 is 4.74 Å². The van der Waals surface area contributed by atoms with Crippen molar-refractivity contribution in [1.29, 1.82) is 5.26 Å². The molecule has 1 aromatic rings. The highest BCUT2D eigenvalue weighted by atomic mass is 16.5. The van der Waals surface area contributed by atoms with E-state index >= 15 is 0 Å². The number of carbonyl (C=O) groups excluding carboxylic acids is 1.